The fourth-order valence-electron chi connectivity index (χ4n) is 4.12. The molecule has 5 heteroatoms. The van der Waals surface area contributed by atoms with Gasteiger partial charge in [-0.25, -0.2) is 0 Å². The summed E-state index contributed by atoms with van der Waals surface area (Å²) >= 11 is 0. The Bertz CT molecular complexity index is 1170. The number of rotatable bonds is 9. The second kappa shape index (κ2) is 11.3. The average molecular weight is 468 g/mol. The molecule has 0 heterocycles. The highest BCUT2D eigenvalue weighted by Crippen LogP contribution is 2.39. The molecule has 0 aliphatic carbocycles. The van der Waals surface area contributed by atoms with Crippen LogP contribution in [0, 0.1) is 0 Å². The van der Waals surface area contributed by atoms with E-state index in [2.05, 4.69) is 41.3 Å². The van der Waals surface area contributed by atoms with E-state index in [1.54, 1.807) is 14.2 Å². The van der Waals surface area contributed by atoms with Gasteiger partial charge < -0.3 is 19.1 Å². The second-order valence-corrected chi connectivity index (χ2v) is 8.05. The fourth-order valence-corrected chi connectivity index (χ4v) is 4.12. The SMILES string of the molecule is COC(=O)CC(c1ccc(-c2ccccc2)cc1)N(c1ccc(OC)cc1)c1ccc(OC)cc1. The van der Waals surface area contributed by atoms with Crippen LogP contribution in [0.4, 0.5) is 11.4 Å². The molecule has 4 aromatic carbocycles. The molecule has 0 aromatic heterocycles. The molecule has 4 aromatic rings. The molecule has 0 aliphatic heterocycles. The minimum absolute atomic E-state index is 0.180. The van der Waals surface area contributed by atoms with Crippen molar-refractivity contribution in [1.82, 2.24) is 0 Å². The smallest absolute Gasteiger partial charge is 0.307 e. The number of esters is 1. The number of methoxy groups -OCH3 is 3. The third kappa shape index (κ3) is 5.64. The highest BCUT2D eigenvalue weighted by molar-refractivity contribution is 5.74. The zero-order valence-electron chi connectivity index (χ0n) is 20.2. The molecule has 0 N–H and O–H groups in total. The second-order valence-electron chi connectivity index (χ2n) is 8.05. The Labute approximate surface area is 206 Å². The van der Waals surface area contributed by atoms with Crippen molar-refractivity contribution in [2.75, 3.05) is 26.2 Å². The molecular formula is C30H29NO4. The van der Waals surface area contributed by atoms with Crippen molar-refractivity contribution in [3.8, 4) is 22.6 Å². The predicted molar refractivity (Wildman–Crippen MR) is 139 cm³/mol. The molecule has 0 amide bonds. The van der Waals surface area contributed by atoms with Crippen molar-refractivity contribution in [1.29, 1.82) is 0 Å². The van der Waals surface area contributed by atoms with Crippen LogP contribution in [0.15, 0.2) is 103 Å². The third-order valence-electron chi connectivity index (χ3n) is 6.00. The van der Waals surface area contributed by atoms with E-state index < -0.39 is 0 Å². The molecule has 0 saturated carbocycles. The molecule has 0 bridgehead atoms. The number of hydrogen-bond acceptors (Lipinski definition) is 5. The molecule has 0 fully saturated rings. The van der Waals surface area contributed by atoms with Crippen molar-refractivity contribution in [3.63, 3.8) is 0 Å². The van der Waals surface area contributed by atoms with Gasteiger partial charge in [0.05, 0.1) is 33.8 Å². The number of anilines is 2. The largest absolute Gasteiger partial charge is 0.497 e. The first kappa shape index (κ1) is 23.9. The molecule has 0 spiro atoms. The normalized spacial score (nSPS) is 11.4. The lowest BCUT2D eigenvalue weighted by Gasteiger charge is -2.34. The number of nitrogens with zero attached hydrogens (tertiary/aromatic N) is 1. The summed E-state index contributed by atoms with van der Waals surface area (Å²) in [5.74, 6) is 1.24. The van der Waals surface area contributed by atoms with Gasteiger partial charge in [-0.05, 0) is 65.2 Å². The maximum Gasteiger partial charge on any atom is 0.307 e. The van der Waals surface area contributed by atoms with Crippen LogP contribution in [0.5, 0.6) is 11.5 Å². The summed E-state index contributed by atoms with van der Waals surface area (Å²) in [5, 5.41) is 0. The Kier molecular flexibility index (Phi) is 7.68. The fraction of sp³-hybridized carbons (Fsp3) is 0.167. The monoisotopic (exact) mass is 467 g/mol. The van der Waals surface area contributed by atoms with Gasteiger partial charge in [0.1, 0.15) is 11.5 Å². The van der Waals surface area contributed by atoms with Gasteiger partial charge in [0.15, 0.2) is 0 Å². The maximum atomic E-state index is 12.6. The molecule has 35 heavy (non-hydrogen) atoms. The zero-order valence-corrected chi connectivity index (χ0v) is 20.2. The minimum Gasteiger partial charge on any atom is -0.497 e. The third-order valence-corrected chi connectivity index (χ3v) is 6.00. The van der Waals surface area contributed by atoms with Crippen LogP contribution in [0.2, 0.25) is 0 Å². The van der Waals surface area contributed by atoms with Gasteiger partial charge in [0, 0.05) is 11.4 Å². The van der Waals surface area contributed by atoms with Crippen LogP contribution in [-0.2, 0) is 9.53 Å². The molecule has 0 aliphatic rings. The lowest BCUT2D eigenvalue weighted by atomic mass is 9.97. The molecule has 5 nitrogen and oxygen atoms in total. The van der Waals surface area contributed by atoms with Crippen molar-refractivity contribution in [3.05, 3.63) is 109 Å². The summed E-state index contributed by atoms with van der Waals surface area (Å²) in [6.45, 7) is 0. The molecule has 1 unspecified atom stereocenters. The molecule has 1 atom stereocenters. The summed E-state index contributed by atoms with van der Waals surface area (Å²) in [4.78, 5) is 14.7. The summed E-state index contributed by atoms with van der Waals surface area (Å²) in [6, 6.07) is 33.9. The van der Waals surface area contributed by atoms with Crippen molar-refractivity contribution < 1.29 is 19.0 Å². The lowest BCUT2D eigenvalue weighted by molar-refractivity contribution is -0.141. The van der Waals surface area contributed by atoms with Crippen molar-refractivity contribution >= 4 is 17.3 Å². The standard InChI is InChI=1S/C30H29NO4/c1-33-27-17-13-25(14-18-27)31(26-15-19-28(34-2)20-16-26)29(21-30(32)35-3)24-11-9-23(10-12-24)22-7-5-4-6-8-22/h4-20,29H,21H2,1-3H3. The zero-order chi connectivity index (χ0) is 24.6. The van der Waals surface area contributed by atoms with Crippen LogP contribution < -0.4 is 14.4 Å². The van der Waals surface area contributed by atoms with E-state index in [-0.39, 0.29) is 18.4 Å². The van der Waals surface area contributed by atoms with Gasteiger partial charge in [-0.15, -0.1) is 0 Å². The van der Waals surface area contributed by atoms with Crippen LogP contribution >= 0.6 is 0 Å². The van der Waals surface area contributed by atoms with E-state index in [0.29, 0.717) is 0 Å². The topological polar surface area (TPSA) is 48.0 Å². The molecule has 0 radical (unpaired) electrons. The predicted octanol–water partition coefficient (Wildman–Crippen LogP) is 6.81. The Hall–Kier alpha value is -4.25. The molecule has 4 rings (SSSR count). The Morgan fingerprint density at radius 1 is 0.657 bits per heavy atom. The van der Waals surface area contributed by atoms with Gasteiger partial charge in [0.25, 0.3) is 0 Å². The minimum atomic E-state index is -0.297. The van der Waals surface area contributed by atoms with Gasteiger partial charge >= 0.3 is 5.97 Å². The first-order chi connectivity index (χ1) is 17.1. The molecule has 178 valence electrons. The van der Waals surface area contributed by atoms with E-state index in [0.717, 1.165) is 39.6 Å². The van der Waals surface area contributed by atoms with E-state index in [9.17, 15) is 4.79 Å². The Balaban J connectivity index is 1.80. The summed E-state index contributed by atoms with van der Waals surface area (Å²) in [5.41, 5.74) is 5.12. The highest BCUT2D eigenvalue weighted by atomic mass is 16.5. The van der Waals surface area contributed by atoms with Gasteiger partial charge in [-0.3, -0.25) is 4.79 Å². The van der Waals surface area contributed by atoms with Crippen LogP contribution in [0.1, 0.15) is 18.0 Å². The van der Waals surface area contributed by atoms with E-state index >= 15 is 0 Å². The Morgan fingerprint density at radius 2 is 1.14 bits per heavy atom. The van der Waals surface area contributed by atoms with Crippen LogP contribution in [-0.4, -0.2) is 27.3 Å². The average Bonchev–Trinajstić information content (AvgIpc) is 2.94. The number of carbonyl (C=O) groups is 1. The van der Waals surface area contributed by atoms with Crippen LogP contribution in [0.25, 0.3) is 11.1 Å². The number of carbonyl (C=O) groups excluding carboxylic acids is 1. The van der Waals surface area contributed by atoms with E-state index in [1.165, 1.54) is 7.11 Å². The summed E-state index contributed by atoms with van der Waals surface area (Å²) < 4.78 is 15.8. The van der Waals surface area contributed by atoms with Crippen molar-refractivity contribution in [2.45, 2.75) is 12.5 Å². The number of ether oxygens (including phenoxy) is 3. The Morgan fingerprint density at radius 3 is 1.60 bits per heavy atom. The van der Waals surface area contributed by atoms with Gasteiger partial charge in [-0.1, -0.05) is 54.6 Å². The number of benzene rings is 4. The van der Waals surface area contributed by atoms with E-state index in [4.69, 9.17) is 14.2 Å². The summed E-state index contributed by atoms with van der Waals surface area (Å²) in [7, 11) is 4.71. The van der Waals surface area contributed by atoms with Crippen molar-refractivity contribution in [2.24, 2.45) is 0 Å². The first-order valence-corrected chi connectivity index (χ1v) is 11.4. The first-order valence-electron chi connectivity index (χ1n) is 11.4. The maximum absolute atomic E-state index is 12.6. The highest BCUT2D eigenvalue weighted by Gasteiger charge is 2.26. The summed E-state index contributed by atoms with van der Waals surface area (Å²) in [6.07, 6.45) is 0.180. The van der Waals surface area contributed by atoms with Gasteiger partial charge in [-0.2, -0.15) is 0 Å². The van der Waals surface area contributed by atoms with E-state index in [1.807, 2.05) is 66.7 Å². The lowest BCUT2D eigenvalue weighted by Crippen LogP contribution is -2.26. The van der Waals surface area contributed by atoms with Gasteiger partial charge in [0.2, 0.25) is 0 Å². The molecule has 0 saturated heterocycles. The van der Waals surface area contributed by atoms with Crippen LogP contribution in [0.3, 0.4) is 0 Å². The molecular weight excluding hydrogens is 438 g/mol. The number of hydrogen-bond donors (Lipinski definition) is 0. The quantitative estimate of drug-likeness (QED) is 0.253.